The van der Waals surface area contributed by atoms with Gasteiger partial charge in [0.05, 0.1) is 0 Å². The quantitative estimate of drug-likeness (QED) is 0.834. The topological polar surface area (TPSA) is 12.0 Å². The molecule has 0 aliphatic heterocycles. The van der Waals surface area contributed by atoms with Crippen molar-refractivity contribution < 1.29 is 0 Å². The van der Waals surface area contributed by atoms with Gasteiger partial charge >= 0.3 is 0 Å². The van der Waals surface area contributed by atoms with Gasteiger partial charge in [0.1, 0.15) is 0 Å². The molecule has 1 nitrogen and oxygen atoms in total. The van der Waals surface area contributed by atoms with Gasteiger partial charge in [-0.3, -0.25) is 0 Å². The Balaban J connectivity index is 2.43. The lowest BCUT2D eigenvalue weighted by molar-refractivity contribution is 0.611. The summed E-state index contributed by atoms with van der Waals surface area (Å²) in [4.78, 5) is 0. The van der Waals surface area contributed by atoms with Crippen LogP contribution >= 0.6 is 11.3 Å². The third-order valence-corrected chi connectivity index (χ3v) is 3.90. The van der Waals surface area contributed by atoms with Crippen molar-refractivity contribution in [3.05, 3.63) is 34.7 Å². The van der Waals surface area contributed by atoms with E-state index < -0.39 is 0 Å². The number of nitrogens with one attached hydrogen (secondary N) is 1. The monoisotopic (exact) mass is 219 g/mol. The van der Waals surface area contributed by atoms with Crippen molar-refractivity contribution in [3.63, 3.8) is 0 Å². The van der Waals surface area contributed by atoms with Crippen molar-refractivity contribution >= 4 is 21.4 Å². The molecule has 2 heteroatoms. The summed E-state index contributed by atoms with van der Waals surface area (Å²) in [6.45, 7) is 4.42. The molecule has 1 heterocycles. The van der Waals surface area contributed by atoms with Crippen molar-refractivity contribution in [2.75, 3.05) is 7.05 Å². The molecule has 1 N–H and O–H groups in total. The van der Waals surface area contributed by atoms with E-state index in [1.54, 1.807) is 0 Å². The Morgan fingerprint density at radius 1 is 1.40 bits per heavy atom. The number of likely N-dealkylation sites (N-methyl/N-ethyl adjacent to an activating group) is 1. The minimum absolute atomic E-state index is 0.544. The van der Waals surface area contributed by atoms with E-state index in [1.165, 1.54) is 21.2 Å². The van der Waals surface area contributed by atoms with E-state index >= 15 is 0 Å². The first kappa shape index (κ1) is 10.7. The number of rotatable bonds is 3. The molecule has 2 aromatic rings. The maximum atomic E-state index is 3.29. The van der Waals surface area contributed by atoms with Crippen LogP contribution in [0.3, 0.4) is 0 Å². The summed E-state index contributed by atoms with van der Waals surface area (Å²) >= 11 is 1.85. The Kier molecular flexibility index (Phi) is 3.08. The number of aryl methyl sites for hydroxylation is 1. The van der Waals surface area contributed by atoms with Crippen LogP contribution in [0.15, 0.2) is 23.6 Å². The Labute approximate surface area is 95.1 Å². The third-order valence-electron chi connectivity index (χ3n) is 2.90. The fourth-order valence-corrected chi connectivity index (χ4v) is 2.98. The van der Waals surface area contributed by atoms with E-state index in [-0.39, 0.29) is 0 Å². The molecule has 0 fully saturated rings. The number of benzene rings is 1. The SMILES string of the molecule is CNC(C)Cc1csc2cccc(C)c12. The normalized spacial score (nSPS) is 13.3. The lowest BCUT2D eigenvalue weighted by Crippen LogP contribution is -2.23. The van der Waals surface area contributed by atoms with Gasteiger partial charge in [-0.25, -0.2) is 0 Å². The second kappa shape index (κ2) is 4.33. The van der Waals surface area contributed by atoms with Crippen LogP contribution in [0.1, 0.15) is 18.1 Å². The van der Waals surface area contributed by atoms with Gasteiger partial charge in [-0.15, -0.1) is 11.3 Å². The second-order valence-corrected chi connectivity index (χ2v) is 5.01. The zero-order valence-electron chi connectivity index (χ0n) is 9.50. The molecule has 80 valence electrons. The van der Waals surface area contributed by atoms with Gasteiger partial charge in [0.15, 0.2) is 0 Å². The highest BCUT2D eigenvalue weighted by Crippen LogP contribution is 2.29. The number of thiophene rings is 1. The van der Waals surface area contributed by atoms with Crippen molar-refractivity contribution in [2.24, 2.45) is 0 Å². The first-order valence-corrected chi connectivity index (χ1v) is 6.23. The van der Waals surface area contributed by atoms with Crippen LogP contribution in [0.2, 0.25) is 0 Å². The largest absolute Gasteiger partial charge is 0.317 e. The maximum absolute atomic E-state index is 3.29. The Morgan fingerprint density at radius 2 is 2.20 bits per heavy atom. The van der Waals surface area contributed by atoms with Crippen LogP contribution in [-0.4, -0.2) is 13.1 Å². The number of fused-ring (bicyclic) bond motifs is 1. The van der Waals surface area contributed by atoms with E-state index in [0.29, 0.717) is 6.04 Å². The fraction of sp³-hybridized carbons (Fsp3) is 0.385. The van der Waals surface area contributed by atoms with Gasteiger partial charge < -0.3 is 5.32 Å². The summed E-state index contributed by atoms with van der Waals surface area (Å²) < 4.78 is 1.41. The molecular formula is C13H17NS. The Morgan fingerprint density at radius 3 is 2.93 bits per heavy atom. The molecule has 0 saturated heterocycles. The van der Waals surface area contributed by atoms with E-state index in [2.05, 4.69) is 42.7 Å². The van der Waals surface area contributed by atoms with Crippen LogP contribution in [0.5, 0.6) is 0 Å². The summed E-state index contributed by atoms with van der Waals surface area (Å²) in [6.07, 6.45) is 1.11. The summed E-state index contributed by atoms with van der Waals surface area (Å²) in [5, 5.41) is 7.05. The van der Waals surface area contributed by atoms with Crippen LogP contribution in [0.4, 0.5) is 0 Å². The number of hydrogen-bond donors (Lipinski definition) is 1. The average molecular weight is 219 g/mol. The van der Waals surface area contributed by atoms with Crippen molar-refractivity contribution in [1.82, 2.24) is 5.32 Å². The lowest BCUT2D eigenvalue weighted by Gasteiger charge is -2.09. The zero-order chi connectivity index (χ0) is 10.8. The molecule has 0 radical (unpaired) electrons. The van der Waals surface area contributed by atoms with Gasteiger partial charge in [-0.2, -0.15) is 0 Å². The Hall–Kier alpha value is -0.860. The molecule has 2 rings (SSSR count). The number of hydrogen-bond acceptors (Lipinski definition) is 2. The highest BCUT2D eigenvalue weighted by atomic mass is 32.1. The molecule has 1 unspecified atom stereocenters. The van der Waals surface area contributed by atoms with Crippen LogP contribution in [0.25, 0.3) is 10.1 Å². The van der Waals surface area contributed by atoms with Gasteiger partial charge in [-0.1, -0.05) is 12.1 Å². The molecule has 0 aliphatic rings. The molecule has 1 atom stereocenters. The zero-order valence-corrected chi connectivity index (χ0v) is 10.3. The summed E-state index contributed by atoms with van der Waals surface area (Å²) in [6, 6.07) is 7.09. The predicted molar refractivity (Wildman–Crippen MR) is 68.8 cm³/mol. The molecule has 1 aromatic carbocycles. The van der Waals surface area contributed by atoms with Crippen molar-refractivity contribution in [3.8, 4) is 0 Å². The highest BCUT2D eigenvalue weighted by Gasteiger charge is 2.08. The van der Waals surface area contributed by atoms with Gasteiger partial charge in [0, 0.05) is 10.7 Å². The Bertz CT molecular complexity index is 459. The van der Waals surface area contributed by atoms with Gasteiger partial charge in [-0.05, 0) is 55.3 Å². The van der Waals surface area contributed by atoms with Gasteiger partial charge in [0.25, 0.3) is 0 Å². The molecule has 0 saturated carbocycles. The van der Waals surface area contributed by atoms with Gasteiger partial charge in [0.2, 0.25) is 0 Å². The molecule has 15 heavy (non-hydrogen) atoms. The van der Waals surface area contributed by atoms with Crippen LogP contribution in [0, 0.1) is 6.92 Å². The smallest absolute Gasteiger partial charge is 0.0348 e. The standard InChI is InChI=1S/C13H17NS/c1-9-5-4-6-12-13(9)11(8-15-12)7-10(2)14-3/h4-6,8,10,14H,7H2,1-3H3. The first-order chi connectivity index (χ1) is 7.22. The molecule has 0 spiro atoms. The molecule has 0 aliphatic carbocycles. The maximum Gasteiger partial charge on any atom is 0.0348 e. The highest BCUT2D eigenvalue weighted by molar-refractivity contribution is 7.17. The lowest BCUT2D eigenvalue weighted by atomic mass is 10.0. The van der Waals surface area contributed by atoms with Crippen LogP contribution < -0.4 is 5.32 Å². The third kappa shape index (κ3) is 2.06. The fourth-order valence-electron chi connectivity index (χ4n) is 1.93. The second-order valence-electron chi connectivity index (χ2n) is 4.10. The minimum atomic E-state index is 0.544. The van der Waals surface area contributed by atoms with E-state index in [9.17, 15) is 0 Å². The first-order valence-electron chi connectivity index (χ1n) is 5.35. The van der Waals surface area contributed by atoms with Crippen LogP contribution in [-0.2, 0) is 6.42 Å². The molecule has 0 bridgehead atoms. The summed E-state index contributed by atoms with van der Waals surface area (Å²) in [7, 11) is 2.02. The molecule has 1 aromatic heterocycles. The van der Waals surface area contributed by atoms with Crippen molar-refractivity contribution in [1.29, 1.82) is 0 Å². The molecule has 0 amide bonds. The van der Waals surface area contributed by atoms with Crippen molar-refractivity contribution in [2.45, 2.75) is 26.3 Å². The summed E-state index contributed by atoms with van der Waals surface area (Å²) in [5.41, 5.74) is 2.88. The van der Waals surface area contributed by atoms with E-state index in [4.69, 9.17) is 0 Å². The van der Waals surface area contributed by atoms with E-state index in [1.807, 2.05) is 18.4 Å². The predicted octanol–water partition coefficient (Wildman–Crippen LogP) is 3.36. The molecular weight excluding hydrogens is 202 g/mol. The van der Waals surface area contributed by atoms with E-state index in [0.717, 1.165) is 6.42 Å². The summed E-state index contributed by atoms with van der Waals surface area (Å²) in [5.74, 6) is 0. The minimum Gasteiger partial charge on any atom is -0.317 e. The average Bonchev–Trinajstić information content (AvgIpc) is 2.63.